The highest BCUT2D eigenvalue weighted by atomic mass is 16.7. The van der Waals surface area contributed by atoms with Gasteiger partial charge < -0.3 is 9.47 Å². The maximum Gasteiger partial charge on any atom is 0.323 e. The summed E-state index contributed by atoms with van der Waals surface area (Å²) in [6, 6.07) is 9.65. The molecule has 0 spiro atoms. The maximum atomic E-state index is 11.7. The quantitative estimate of drug-likeness (QED) is 0.619. The van der Waals surface area contributed by atoms with Crippen molar-refractivity contribution in [2.24, 2.45) is 5.92 Å². The second-order valence-electron chi connectivity index (χ2n) is 4.84. The van der Waals surface area contributed by atoms with Crippen LogP contribution >= 0.6 is 0 Å². The first-order chi connectivity index (χ1) is 8.98. The van der Waals surface area contributed by atoms with Crippen LogP contribution in [0.5, 0.6) is 0 Å². The van der Waals surface area contributed by atoms with Gasteiger partial charge in [0.05, 0.1) is 0 Å². The molecule has 0 N–H and O–H groups in total. The third-order valence-electron chi connectivity index (χ3n) is 2.74. The Bertz CT molecular complexity index is 482. The van der Waals surface area contributed by atoms with E-state index < -0.39 is 23.6 Å². The van der Waals surface area contributed by atoms with Crippen LogP contribution in [0, 0.1) is 5.92 Å². The van der Waals surface area contributed by atoms with E-state index in [2.05, 4.69) is 0 Å². The van der Waals surface area contributed by atoms with Gasteiger partial charge in [0, 0.05) is 13.8 Å². The summed E-state index contributed by atoms with van der Waals surface area (Å²) in [5.41, 5.74) is 1.01. The number of hydrogen-bond acceptors (Lipinski definition) is 4. The SMILES string of the molecule is CC1(C)OC(=O)C(C/C=C/c2ccccc2)C(=O)O1. The van der Waals surface area contributed by atoms with Gasteiger partial charge in [-0.1, -0.05) is 42.5 Å². The van der Waals surface area contributed by atoms with Crippen molar-refractivity contribution >= 4 is 18.0 Å². The number of cyclic esters (lactones) is 2. The van der Waals surface area contributed by atoms with Crippen LogP contribution in [-0.4, -0.2) is 17.7 Å². The van der Waals surface area contributed by atoms with Crippen LogP contribution in [0.2, 0.25) is 0 Å². The predicted molar refractivity (Wildman–Crippen MR) is 69.8 cm³/mol. The van der Waals surface area contributed by atoms with E-state index in [0.29, 0.717) is 0 Å². The number of carbonyl (C=O) groups is 2. The van der Waals surface area contributed by atoms with Crippen LogP contribution in [-0.2, 0) is 19.1 Å². The Morgan fingerprint density at radius 1 is 1.11 bits per heavy atom. The summed E-state index contributed by atoms with van der Waals surface area (Å²) >= 11 is 0. The Morgan fingerprint density at radius 3 is 2.26 bits per heavy atom. The average molecular weight is 260 g/mol. The second kappa shape index (κ2) is 5.26. The van der Waals surface area contributed by atoms with E-state index in [1.54, 1.807) is 19.9 Å². The fraction of sp³-hybridized carbons (Fsp3) is 0.333. The van der Waals surface area contributed by atoms with Crippen molar-refractivity contribution in [1.82, 2.24) is 0 Å². The lowest BCUT2D eigenvalue weighted by Gasteiger charge is -2.32. The van der Waals surface area contributed by atoms with Crippen molar-refractivity contribution in [3.63, 3.8) is 0 Å². The molecule has 4 nitrogen and oxygen atoms in total. The Hall–Kier alpha value is -2.10. The molecule has 1 fully saturated rings. The van der Waals surface area contributed by atoms with Crippen molar-refractivity contribution in [1.29, 1.82) is 0 Å². The van der Waals surface area contributed by atoms with E-state index in [1.165, 1.54) is 0 Å². The largest absolute Gasteiger partial charge is 0.422 e. The lowest BCUT2D eigenvalue weighted by molar-refractivity contribution is -0.239. The molecule has 0 saturated carbocycles. The molecule has 0 atom stereocenters. The number of rotatable bonds is 3. The van der Waals surface area contributed by atoms with Gasteiger partial charge in [0.15, 0.2) is 5.92 Å². The average Bonchev–Trinajstić information content (AvgIpc) is 2.32. The van der Waals surface area contributed by atoms with E-state index in [-0.39, 0.29) is 6.42 Å². The van der Waals surface area contributed by atoms with Gasteiger partial charge in [-0.2, -0.15) is 0 Å². The number of ether oxygens (including phenoxy) is 2. The summed E-state index contributed by atoms with van der Waals surface area (Å²) in [7, 11) is 0. The van der Waals surface area contributed by atoms with Crippen molar-refractivity contribution in [3.05, 3.63) is 42.0 Å². The summed E-state index contributed by atoms with van der Waals surface area (Å²) in [5, 5.41) is 0. The van der Waals surface area contributed by atoms with Crippen molar-refractivity contribution < 1.29 is 19.1 Å². The minimum atomic E-state index is -1.16. The number of benzene rings is 1. The summed E-state index contributed by atoms with van der Waals surface area (Å²) in [4.78, 5) is 23.4. The highest BCUT2D eigenvalue weighted by Gasteiger charge is 2.42. The van der Waals surface area contributed by atoms with Crippen molar-refractivity contribution in [3.8, 4) is 0 Å². The summed E-state index contributed by atoms with van der Waals surface area (Å²) in [6.07, 6.45) is 3.92. The molecule has 1 heterocycles. The molecule has 0 bridgehead atoms. The first-order valence-corrected chi connectivity index (χ1v) is 6.15. The van der Waals surface area contributed by atoms with Gasteiger partial charge in [0.1, 0.15) is 0 Å². The zero-order valence-electron chi connectivity index (χ0n) is 11.0. The molecule has 19 heavy (non-hydrogen) atoms. The molecule has 4 heteroatoms. The topological polar surface area (TPSA) is 52.6 Å². The first-order valence-electron chi connectivity index (χ1n) is 6.15. The first kappa shape index (κ1) is 13.3. The lowest BCUT2D eigenvalue weighted by atomic mass is 10.0. The fourth-order valence-corrected chi connectivity index (χ4v) is 1.84. The molecule has 1 aromatic carbocycles. The number of allylic oxidation sites excluding steroid dienone is 1. The van der Waals surface area contributed by atoms with Gasteiger partial charge >= 0.3 is 11.9 Å². The van der Waals surface area contributed by atoms with Gasteiger partial charge in [-0.25, -0.2) is 0 Å². The Balaban J connectivity index is 1.98. The zero-order chi connectivity index (χ0) is 13.9. The number of hydrogen-bond donors (Lipinski definition) is 0. The monoisotopic (exact) mass is 260 g/mol. The highest BCUT2D eigenvalue weighted by molar-refractivity contribution is 5.96. The molecule has 1 aromatic rings. The summed E-state index contributed by atoms with van der Waals surface area (Å²) in [6.45, 7) is 3.08. The minimum absolute atomic E-state index is 0.280. The van der Waals surface area contributed by atoms with Crippen molar-refractivity contribution in [2.75, 3.05) is 0 Å². The molecule has 100 valence electrons. The summed E-state index contributed by atoms with van der Waals surface area (Å²) < 4.78 is 10.1. The van der Waals surface area contributed by atoms with E-state index in [1.807, 2.05) is 36.4 Å². The van der Waals surface area contributed by atoms with Crippen molar-refractivity contribution in [2.45, 2.75) is 26.1 Å². The molecule has 1 aliphatic rings. The van der Waals surface area contributed by atoms with Crippen LogP contribution in [0.25, 0.3) is 6.08 Å². The Labute approximate surface area is 112 Å². The molecule has 0 amide bonds. The second-order valence-corrected chi connectivity index (χ2v) is 4.84. The van der Waals surface area contributed by atoms with Crippen LogP contribution in [0.15, 0.2) is 36.4 Å². The van der Waals surface area contributed by atoms with Gasteiger partial charge in [-0.05, 0) is 12.0 Å². The molecule has 0 aliphatic carbocycles. The lowest BCUT2D eigenvalue weighted by Crippen LogP contribution is -2.46. The van der Waals surface area contributed by atoms with E-state index >= 15 is 0 Å². The van der Waals surface area contributed by atoms with Gasteiger partial charge in [0.25, 0.3) is 5.79 Å². The number of carbonyl (C=O) groups excluding carboxylic acids is 2. The van der Waals surface area contributed by atoms with E-state index in [4.69, 9.17) is 9.47 Å². The molecule has 1 saturated heterocycles. The minimum Gasteiger partial charge on any atom is -0.422 e. The third kappa shape index (κ3) is 3.44. The Kier molecular flexibility index (Phi) is 3.69. The van der Waals surface area contributed by atoms with E-state index in [9.17, 15) is 9.59 Å². The normalized spacial score (nSPS) is 19.3. The van der Waals surface area contributed by atoms with Crippen LogP contribution < -0.4 is 0 Å². The number of esters is 2. The highest BCUT2D eigenvalue weighted by Crippen LogP contribution is 2.25. The van der Waals surface area contributed by atoms with Gasteiger partial charge in [0.2, 0.25) is 0 Å². The fourth-order valence-electron chi connectivity index (χ4n) is 1.84. The molecule has 2 rings (SSSR count). The van der Waals surface area contributed by atoms with E-state index in [0.717, 1.165) is 5.56 Å². The smallest absolute Gasteiger partial charge is 0.323 e. The Morgan fingerprint density at radius 2 is 1.68 bits per heavy atom. The van der Waals surface area contributed by atoms with Crippen LogP contribution in [0.3, 0.4) is 0 Å². The van der Waals surface area contributed by atoms with Gasteiger partial charge in [-0.15, -0.1) is 0 Å². The molecule has 0 unspecified atom stereocenters. The zero-order valence-corrected chi connectivity index (χ0v) is 11.0. The molecule has 1 aliphatic heterocycles. The maximum absolute atomic E-state index is 11.7. The summed E-state index contributed by atoms with van der Waals surface area (Å²) in [5.74, 6) is -3.08. The molecular formula is C15H16O4. The molecule has 0 aromatic heterocycles. The predicted octanol–water partition coefficient (Wildman–Crippen LogP) is 2.54. The standard InChI is InChI=1S/C15H16O4/c1-15(2)18-13(16)12(14(17)19-15)10-6-9-11-7-4-3-5-8-11/h3-9,12H,10H2,1-2H3/b9-6+. The van der Waals surface area contributed by atoms with Gasteiger partial charge in [-0.3, -0.25) is 9.59 Å². The third-order valence-corrected chi connectivity index (χ3v) is 2.74. The van der Waals surface area contributed by atoms with Crippen LogP contribution in [0.4, 0.5) is 0 Å². The molecular weight excluding hydrogens is 244 g/mol. The van der Waals surface area contributed by atoms with Crippen LogP contribution in [0.1, 0.15) is 25.8 Å². The molecule has 0 radical (unpaired) electrons.